The molecule has 1 aromatic carbocycles. The van der Waals surface area contributed by atoms with E-state index >= 15 is 0 Å². The van der Waals surface area contributed by atoms with Gasteiger partial charge in [0, 0.05) is 44.6 Å². The Morgan fingerprint density at radius 1 is 1.18 bits per heavy atom. The van der Waals surface area contributed by atoms with Crippen molar-refractivity contribution in [3.05, 3.63) is 30.1 Å². The minimum absolute atomic E-state index is 0.0236. The molecule has 1 amide bonds. The van der Waals surface area contributed by atoms with Crippen molar-refractivity contribution in [2.45, 2.75) is 31.6 Å². The van der Waals surface area contributed by atoms with E-state index in [1.165, 1.54) is 16.4 Å². The molecule has 0 aliphatic carbocycles. The highest BCUT2D eigenvalue weighted by atomic mass is 32.2. The fourth-order valence-corrected chi connectivity index (χ4v) is 5.98. The number of likely N-dealkylation sites (tertiary alicyclic amines) is 1. The van der Waals surface area contributed by atoms with Gasteiger partial charge >= 0.3 is 0 Å². The van der Waals surface area contributed by atoms with Gasteiger partial charge in [0.1, 0.15) is 5.82 Å². The summed E-state index contributed by atoms with van der Waals surface area (Å²) in [5.74, 6) is -0.117. The van der Waals surface area contributed by atoms with Crippen LogP contribution in [0.3, 0.4) is 0 Å². The zero-order valence-corrected chi connectivity index (χ0v) is 17.2. The Kier molecular flexibility index (Phi) is 6.41. The van der Waals surface area contributed by atoms with Crippen molar-refractivity contribution in [3.8, 4) is 0 Å². The average Bonchev–Trinajstić information content (AvgIpc) is 3.13. The largest absolute Gasteiger partial charge is 0.396 e. The minimum atomic E-state index is -3.71. The highest BCUT2D eigenvalue weighted by Crippen LogP contribution is 2.38. The maximum atomic E-state index is 13.1. The molecule has 0 radical (unpaired) electrons. The number of amides is 1. The smallest absolute Gasteiger partial charge is 0.243 e. The van der Waals surface area contributed by atoms with E-state index in [2.05, 4.69) is 0 Å². The molecule has 2 heterocycles. The third-order valence-electron chi connectivity index (χ3n) is 6.09. The first-order chi connectivity index (χ1) is 13.2. The lowest BCUT2D eigenvalue weighted by Crippen LogP contribution is -2.43. The number of hydrogen-bond donors (Lipinski definition) is 1. The standard InChI is InChI=1S/C20H29FN2O4S/c1-14(2)20(25)22-9-7-15(8-10-22)19-12-23(11-16(19)13-24)28(26,27)18-5-3-17(21)4-6-18/h3-6,14-16,19,24H,7-13H2,1-2H3/t16-,19-/m0/s1. The van der Waals surface area contributed by atoms with Gasteiger partial charge in [0.15, 0.2) is 0 Å². The van der Waals surface area contributed by atoms with Gasteiger partial charge < -0.3 is 10.0 Å². The SMILES string of the molecule is CC(C)C(=O)N1CCC([C@@H]2CN(S(=O)(=O)c3ccc(F)cc3)C[C@H]2CO)CC1. The van der Waals surface area contributed by atoms with Crippen molar-refractivity contribution >= 4 is 15.9 Å². The molecule has 2 atom stereocenters. The van der Waals surface area contributed by atoms with E-state index < -0.39 is 15.8 Å². The van der Waals surface area contributed by atoms with Crippen molar-refractivity contribution < 1.29 is 22.7 Å². The van der Waals surface area contributed by atoms with Crippen LogP contribution in [0.15, 0.2) is 29.2 Å². The summed E-state index contributed by atoms with van der Waals surface area (Å²) in [5.41, 5.74) is 0. The molecule has 0 spiro atoms. The molecule has 0 bridgehead atoms. The topological polar surface area (TPSA) is 77.9 Å². The van der Waals surface area contributed by atoms with E-state index in [1.54, 1.807) is 0 Å². The first kappa shape index (κ1) is 21.2. The molecule has 0 unspecified atom stereocenters. The number of benzene rings is 1. The number of aliphatic hydroxyl groups is 1. The first-order valence-electron chi connectivity index (χ1n) is 9.89. The van der Waals surface area contributed by atoms with E-state index in [0.717, 1.165) is 25.0 Å². The molecule has 2 aliphatic rings. The molecule has 0 aromatic heterocycles. The molecular formula is C20H29FN2O4S. The molecule has 6 nitrogen and oxygen atoms in total. The summed E-state index contributed by atoms with van der Waals surface area (Å²) < 4.78 is 40.4. The molecule has 0 saturated carbocycles. The van der Waals surface area contributed by atoms with Gasteiger partial charge in [-0.1, -0.05) is 13.8 Å². The Balaban J connectivity index is 1.69. The third-order valence-corrected chi connectivity index (χ3v) is 7.94. The summed E-state index contributed by atoms with van der Waals surface area (Å²) in [6, 6.07) is 4.85. The van der Waals surface area contributed by atoms with Gasteiger partial charge in [-0.3, -0.25) is 4.79 Å². The minimum Gasteiger partial charge on any atom is -0.396 e. The quantitative estimate of drug-likeness (QED) is 0.802. The summed E-state index contributed by atoms with van der Waals surface area (Å²) in [7, 11) is -3.71. The van der Waals surface area contributed by atoms with Crippen LogP contribution in [0.5, 0.6) is 0 Å². The van der Waals surface area contributed by atoms with Crippen LogP contribution in [0, 0.1) is 29.5 Å². The third kappa shape index (κ3) is 4.23. The Labute approximate surface area is 166 Å². The second kappa shape index (κ2) is 8.47. The Hall–Kier alpha value is -1.51. The van der Waals surface area contributed by atoms with Crippen molar-refractivity contribution in [1.82, 2.24) is 9.21 Å². The number of aliphatic hydroxyl groups excluding tert-OH is 1. The number of halogens is 1. The lowest BCUT2D eigenvalue weighted by Gasteiger charge is -2.37. The number of sulfonamides is 1. The molecule has 2 fully saturated rings. The molecule has 156 valence electrons. The van der Waals surface area contributed by atoms with Crippen molar-refractivity contribution in [2.24, 2.45) is 23.7 Å². The monoisotopic (exact) mass is 412 g/mol. The van der Waals surface area contributed by atoms with E-state index in [4.69, 9.17) is 0 Å². The van der Waals surface area contributed by atoms with E-state index in [-0.39, 0.29) is 47.6 Å². The fourth-order valence-electron chi connectivity index (χ4n) is 4.45. The molecule has 1 aromatic rings. The second-order valence-electron chi connectivity index (χ2n) is 8.20. The molecule has 28 heavy (non-hydrogen) atoms. The summed E-state index contributed by atoms with van der Waals surface area (Å²) in [4.78, 5) is 14.1. The summed E-state index contributed by atoms with van der Waals surface area (Å²) in [6.07, 6.45) is 1.65. The second-order valence-corrected chi connectivity index (χ2v) is 10.1. The van der Waals surface area contributed by atoms with Crippen LogP contribution in [0.25, 0.3) is 0 Å². The van der Waals surface area contributed by atoms with Crippen LogP contribution in [-0.4, -0.2) is 61.4 Å². The average molecular weight is 413 g/mol. The van der Waals surface area contributed by atoms with Gasteiger partial charge in [0.2, 0.25) is 15.9 Å². The van der Waals surface area contributed by atoms with Crippen molar-refractivity contribution in [2.75, 3.05) is 32.8 Å². The van der Waals surface area contributed by atoms with Crippen LogP contribution >= 0.6 is 0 Å². The number of rotatable bonds is 5. The number of carbonyl (C=O) groups excluding carboxylic acids is 1. The predicted octanol–water partition coefficient (Wildman–Crippen LogP) is 1.95. The molecule has 2 saturated heterocycles. The van der Waals surface area contributed by atoms with Gasteiger partial charge in [-0.25, -0.2) is 12.8 Å². The van der Waals surface area contributed by atoms with Crippen molar-refractivity contribution in [1.29, 1.82) is 0 Å². The van der Waals surface area contributed by atoms with Gasteiger partial charge in [0.25, 0.3) is 0 Å². The maximum absolute atomic E-state index is 13.1. The zero-order valence-electron chi connectivity index (χ0n) is 16.4. The van der Waals surface area contributed by atoms with Crippen molar-refractivity contribution in [3.63, 3.8) is 0 Å². The summed E-state index contributed by atoms with van der Waals surface area (Å²) in [5, 5.41) is 9.83. The lowest BCUT2D eigenvalue weighted by atomic mass is 9.78. The van der Waals surface area contributed by atoms with E-state index in [1.807, 2.05) is 18.7 Å². The van der Waals surface area contributed by atoms with Gasteiger partial charge in [-0.05, 0) is 48.9 Å². The summed E-state index contributed by atoms with van der Waals surface area (Å²) in [6.45, 7) is 5.71. The maximum Gasteiger partial charge on any atom is 0.243 e. The van der Waals surface area contributed by atoms with Crippen LogP contribution in [0.2, 0.25) is 0 Å². The fraction of sp³-hybridized carbons (Fsp3) is 0.650. The lowest BCUT2D eigenvalue weighted by molar-refractivity contribution is -0.136. The summed E-state index contributed by atoms with van der Waals surface area (Å²) >= 11 is 0. The van der Waals surface area contributed by atoms with Crippen LogP contribution < -0.4 is 0 Å². The van der Waals surface area contributed by atoms with Crippen LogP contribution in [0.4, 0.5) is 4.39 Å². The number of hydrogen-bond acceptors (Lipinski definition) is 4. The number of piperidine rings is 1. The predicted molar refractivity (Wildman–Crippen MR) is 103 cm³/mol. The zero-order chi connectivity index (χ0) is 20.5. The molecule has 2 aliphatic heterocycles. The Bertz CT molecular complexity index is 789. The van der Waals surface area contributed by atoms with Gasteiger partial charge in [0.05, 0.1) is 4.90 Å². The molecule has 8 heteroatoms. The molecule has 1 N–H and O–H groups in total. The highest BCUT2D eigenvalue weighted by Gasteiger charge is 2.43. The number of nitrogens with zero attached hydrogens (tertiary/aromatic N) is 2. The highest BCUT2D eigenvalue weighted by molar-refractivity contribution is 7.89. The molecule has 3 rings (SSSR count). The molecular weight excluding hydrogens is 383 g/mol. The van der Waals surface area contributed by atoms with E-state index in [9.17, 15) is 22.7 Å². The first-order valence-corrected chi connectivity index (χ1v) is 11.3. The Morgan fingerprint density at radius 2 is 1.79 bits per heavy atom. The number of carbonyl (C=O) groups is 1. The van der Waals surface area contributed by atoms with Gasteiger partial charge in [-0.2, -0.15) is 4.31 Å². The van der Waals surface area contributed by atoms with Gasteiger partial charge in [-0.15, -0.1) is 0 Å². The van der Waals surface area contributed by atoms with E-state index in [0.29, 0.717) is 19.6 Å². The Morgan fingerprint density at radius 3 is 2.32 bits per heavy atom. The normalized spacial score (nSPS) is 24.8. The van der Waals surface area contributed by atoms with Crippen LogP contribution in [-0.2, 0) is 14.8 Å². The van der Waals surface area contributed by atoms with Crippen LogP contribution in [0.1, 0.15) is 26.7 Å².